The van der Waals surface area contributed by atoms with E-state index in [1.54, 1.807) is 7.05 Å². The van der Waals surface area contributed by atoms with Crippen LogP contribution in [-0.2, 0) is 9.53 Å². The maximum Gasteiger partial charge on any atom is 0.414 e. The molecular formula is C18H26N2O3. The van der Waals surface area contributed by atoms with E-state index in [9.17, 15) is 9.59 Å². The van der Waals surface area contributed by atoms with Gasteiger partial charge in [0.2, 0.25) is 5.91 Å². The fourth-order valence-corrected chi connectivity index (χ4v) is 2.76. The molecule has 1 aromatic rings. The zero-order chi connectivity index (χ0) is 17.2. The fourth-order valence-electron chi connectivity index (χ4n) is 2.76. The number of benzene rings is 1. The van der Waals surface area contributed by atoms with Gasteiger partial charge in [0.1, 0.15) is 5.60 Å². The molecule has 1 atom stereocenters. The van der Waals surface area contributed by atoms with Gasteiger partial charge in [-0.15, -0.1) is 0 Å². The average molecular weight is 318 g/mol. The van der Waals surface area contributed by atoms with E-state index in [0.717, 1.165) is 24.2 Å². The molecule has 0 N–H and O–H groups in total. The first kappa shape index (κ1) is 17.3. The van der Waals surface area contributed by atoms with E-state index < -0.39 is 11.7 Å². The minimum absolute atomic E-state index is 0.171. The maximum absolute atomic E-state index is 12.1. The standard InChI is InChI=1S/C18H26N2O3/c1-6-13-11-12-16(21)20(13)15-9-7-14(8-10-15)19(5)17(22)23-18(2,3)4/h7-10,13H,6,11-12H2,1-5H3. The van der Waals surface area contributed by atoms with Gasteiger partial charge < -0.3 is 9.64 Å². The number of ether oxygens (including phenoxy) is 1. The third-order valence-corrected chi connectivity index (χ3v) is 3.98. The van der Waals surface area contributed by atoms with Crippen LogP contribution in [0, 0.1) is 0 Å². The summed E-state index contributed by atoms with van der Waals surface area (Å²) in [6.07, 6.45) is 2.08. The Hall–Kier alpha value is -2.04. The Morgan fingerprint density at radius 1 is 1.30 bits per heavy atom. The van der Waals surface area contributed by atoms with Gasteiger partial charge in [0.05, 0.1) is 0 Å². The smallest absolute Gasteiger partial charge is 0.414 e. The lowest BCUT2D eigenvalue weighted by Gasteiger charge is -2.26. The zero-order valence-corrected chi connectivity index (χ0v) is 14.6. The Bertz CT molecular complexity index is 575. The minimum Gasteiger partial charge on any atom is -0.443 e. The van der Waals surface area contributed by atoms with Crippen molar-refractivity contribution in [2.45, 2.75) is 58.6 Å². The van der Waals surface area contributed by atoms with Crippen LogP contribution < -0.4 is 9.80 Å². The molecule has 1 saturated heterocycles. The van der Waals surface area contributed by atoms with E-state index in [2.05, 4.69) is 6.92 Å². The quantitative estimate of drug-likeness (QED) is 0.847. The monoisotopic (exact) mass is 318 g/mol. The number of carbonyl (C=O) groups is 2. The number of carbonyl (C=O) groups excluding carboxylic acids is 2. The van der Waals surface area contributed by atoms with Gasteiger partial charge in [-0.05, 0) is 57.9 Å². The molecule has 1 aromatic carbocycles. The van der Waals surface area contributed by atoms with Gasteiger partial charge >= 0.3 is 6.09 Å². The first-order valence-electron chi connectivity index (χ1n) is 8.11. The van der Waals surface area contributed by atoms with Crippen molar-refractivity contribution in [3.05, 3.63) is 24.3 Å². The van der Waals surface area contributed by atoms with E-state index in [1.165, 1.54) is 4.90 Å². The van der Waals surface area contributed by atoms with Crippen LogP contribution in [0.25, 0.3) is 0 Å². The number of amides is 2. The molecule has 0 spiro atoms. The highest BCUT2D eigenvalue weighted by atomic mass is 16.6. The van der Waals surface area contributed by atoms with Crippen LogP contribution in [0.15, 0.2) is 24.3 Å². The van der Waals surface area contributed by atoms with Gasteiger partial charge in [-0.1, -0.05) is 6.92 Å². The molecule has 5 nitrogen and oxygen atoms in total. The molecule has 1 heterocycles. The Kier molecular flexibility index (Phi) is 4.97. The Balaban J connectivity index is 2.13. The molecule has 2 amide bonds. The molecule has 5 heteroatoms. The summed E-state index contributed by atoms with van der Waals surface area (Å²) in [4.78, 5) is 27.5. The second-order valence-electron chi connectivity index (χ2n) is 6.92. The number of anilines is 2. The number of rotatable bonds is 3. The second-order valence-corrected chi connectivity index (χ2v) is 6.92. The lowest BCUT2D eigenvalue weighted by atomic mass is 10.1. The molecular weight excluding hydrogens is 292 g/mol. The Morgan fingerprint density at radius 2 is 1.91 bits per heavy atom. The minimum atomic E-state index is -0.526. The summed E-state index contributed by atoms with van der Waals surface area (Å²) < 4.78 is 5.36. The largest absolute Gasteiger partial charge is 0.443 e. The Morgan fingerprint density at radius 3 is 2.43 bits per heavy atom. The fraction of sp³-hybridized carbons (Fsp3) is 0.556. The summed E-state index contributed by atoms with van der Waals surface area (Å²) in [5.74, 6) is 0.171. The van der Waals surface area contributed by atoms with Gasteiger partial charge in [-0.2, -0.15) is 0 Å². The van der Waals surface area contributed by atoms with Crippen molar-refractivity contribution in [2.24, 2.45) is 0 Å². The van der Waals surface area contributed by atoms with Crippen LogP contribution in [0.1, 0.15) is 47.0 Å². The molecule has 0 aliphatic carbocycles. The Labute approximate surface area is 138 Å². The molecule has 126 valence electrons. The topological polar surface area (TPSA) is 49.9 Å². The highest BCUT2D eigenvalue weighted by Crippen LogP contribution is 2.30. The highest BCUT2D eigenvalue weighted by molar-refractivity contribution is 5.96. The molecule has 1 aliphatic rings. The van der Waals surface area contributed by atoms with Gasteiger partial charge in [-0.25, -0.2) is 4.79 Å². The lowest BCUT2D eigenvalue weighted by Crippen LogP contribution is -2.34. The lowest BCUT2D eigenvalue weighted by molar-refractivity contribution is -0.117. The molecule has 0 bridgehead atoms. The van der Waals surface area contributed by atoms with Crippen LogP contribution >= 0.6 is 0 Å². The second kappa shape index (κ2) is 6.60. The van der Waals surface area contributed by atoms with E-state index in [1.807, 2.05) is 49.9 Å². The third kappa shape index (κ3) is 4.03. The van der Waals surface area contributed by atoms with E-state index >= 15 is 0 Å². The van der Waals surface area contributed by atoms with Crippen LogP contribution in [0.5, 0.6) is 0 Å². The SMILES string of the molecule is CCC1CCC(=O)N1c1ccc(N(C)C(=O)OC(C)(C)C)cc1. The van der Waals surface area contributed by atoms with Crippen LogP contribution in [-0.4, -0.2) is 30.7 Å². The number of hydrogen-bond acceptors (Lipinski definition) is 3. The summed E-state index contributed by atoms with van der Waals surface area (Å²) in [5, 5.41) is 0. The van der Waals surface area contributed by atoms with Crippen molar-refractivity contribution in [3.63, 3.8) is 0 Å². The van der Waals surface area contributed by atoms with Crippen molar-refractivity contribution in [2.75, 3.05) is 16.8 Å². The summed E-state index contributed by atoms with van der Waals surface area (Å²) in [6, 6.07) is 7.75. The normalized spacial score (nSPS) is 18.2. The van der Waals surface area contributed by atoms with Crippen molar-refractivity contribution in [1.29, 1.82) is 0 Å². The molecule has 2 rings (SSSR count). The molecule has 1 fully saturated rings. The van der Waals surface area contributed by atoms with Crippen LogP contribution in [0.3, 0.4) is 0 Å². The first-order chi connectivity index (χ1) is 10.7. The average Bonchev–Trinajstić information content (AvgIpc) is 2.86. The molecule has 1 unspecified atom stereocenters. The summed E-state index contributed by atoms with van der Waals surface area (Å²) >= 11 is 0. The first-order valence-corrected chi connectivity index (χ1v) is 8.11. The molecule has 23 heavy (non-hydrogen) atoms. The van der Waals surface area contributed by atoms with Gasteiger partial charge in [-0.3, -0.25) is 9.69 Å². The zero-order valence-electron chi connectivity index (χ0n) is 14.6. The highest BCUT2D eigenvalue weighted by Gasteiger charge is 2.30. The predicted molar refractivity (Wildman–Crippen MR) is 91.9 cm³/mol. The van der Waals surface area contributed by atoms with E-state index in [-0.39, 0.29) is 11.9 Å². The van der Waals surface area contributed by atoms with Gasteiger partial charge in [0, 0.05) is 30.9 Å². The predicted octanol–water partition coefficient (Wildman–Crippen LogP) is 3.96. The van der Waals surface area contributed by atoms with Crippen molar-refractivity contribution in [1.82, 2.24) is 0 Å². The van der Waals surface area contributed by atoms with E-state index in [4.69, 9.17) is 4.74 Å². The molecule has 0 saturated carbocycles. The number of nitrogens with zero attached hydrogens (tertiary/aromatic N) is 2. The third-order valence-electron chi connectivity index (χ3n) is 3.98. The van der Waals surface area contributed by atoms with Crippen molar-refractivity contribution >= 4 is 23.4 Å². The number of hydrogen-bond donors (Lipinski definition) is 0. The van der Waals surface area contributed by atoms with Gasteiger partial charge in [0.15, 0.2) is 0 Å². The van der Waals surface area contributed by atoms with E-state index in [0.29, 0.717) is 6.42 Å². The molecule has 0 aromatic heterocycles. The van der Waals surface area contributed by atoms with Crippen molar-refractivity contribution < 1.29 is 14.3 Å². The summed E-state index contributed by atoms with van der Waals surface area (Å²) in [7, 11) is 1.68. The molecule has 1 aliphatic heterocycles. The summed E-state index contributed by atoms with van der Waals surface area (Å²) in [6.45, 7) is 7.62. The van der Waals surface area contributed by atoms with Crippen LogP contribution in [0.2, 0.25) is 0 Å². The summed E-state index contributed by atoms with van der Waals surface area (Å²) in [5.41, 5.74) is 1.10. The van der Waals surface area contributed by atoms with Crippen molar-refractivity contribution in [3.8, 4) is 0 Å². The molecule has 0 radical (unpaired) electrons. The van der Waals surface area contributed by atoms with Gasteiger partial charge in [0.25, 0.3) is 0 Å². The maximum atomic E-state index is 12.1. The van der Waals surface area contributed by atoms with Crippen LogP contribution in [0.4, 0.5) is 16.2 Å².